The molecule has 1 aromatic carbocycles. The van der Waals surface area contributed by atoms with Crippen LogP contribution in [0.15, 0.2) is 43.0 Å². The number of esters is 1. The summed E-state index contributed by atoms with van der Waals surface area (Å²) in [6, 6.07) is 10.8. The zero-order valence-corrected chi connectivity index (χ0v) is 17.4. The second-order valence-electron chi connectivity index (χ2n) is 8.00. The van der Waals surface area contributed by atoms with Crippen molar-refractivity contribution >= 4 is 18.0 Å². The van der Waals surface area contributed by atoms with Gasteiger partial charge >= 0.3 is 11.9 Å². The normalized spacial score (nSPS) is 11.1. The lowest BCUT2D eigenvalue weighted by atomic mass is 9.88. The monoisotopic (exact) mass is 395 g/mol. The van der Waals surface area contributed by atoms with Gasteiger partial charge in [-0.2, -0.15) is 0 Å². The van der Waals surface area contributed by atoms with Crippen LogP contribution in [0.1, 0.15) is 77.7 Å². The predicted octanol–water partition coefficient (Wildman–Crippen LogP) is 5.29. The zero-order chi connectivity index (χ0) is 21.4. The van der Waals surface area contributed by atoms with Crippen molar-refractivity contribution in [1.82, 2.24) is 4.98 Å². The van der Waals surface area contributed by atoms with Gasteiger partial charge in [-0.1, -0.05) is 45.5 Å². The summed E-state index contributed by atoms with van der Waals surface area (Å²) in [5, 5.41) is 9.64. The number of unbranched alkanes of at least 4 members (excludes halogenated alkanes) is 2. The molecule has 1 heterocycles. The number of rotatable bonds is 9. The molecule has 0 aliphatic carbocycles. The third-order valence-electron chi connectivity index (χ3n) is 4.64. The van der Waals surface area contributed by atoms with Gasteiger partial charge in [0.25, 0.3) is 0 Å². The Bertz CT molecular complexity index is 866. The number of carboxylic acid groups (broad SMARTS) is 1. The molecule has 0 aliphatic rings. The van der Waals surface area contributed by atoms with Crippen molar-refractivity contribution in [2.75, 3.05) is 6.61 Å². The lowest BCUT2D eigenvalue weighted by Gasteiger charge is -2.21. The quantitative estimate of drug-likeness (QED) is 0.461. The topological polar surface area (TPSA) is 76.5 Å². The minimum absolute atomic E-state index is 0.185. The van der Waals surface area contributed by atoms with E-state index >= 15 is 0 Å². The highest BCUT2D eigenvalue weighted by atomic mass is 16.5. The Hall–Kier alpha value is -2.95. The highest BCUT2D eigenvalue weighted by Gasteiger charge is 2.22. The van der Waals surface area contributed by atoms with Gasteiger partial charge in [0.05, 0.1) is 23.4 Å². The summed E-state index contributed by atoms with van der Waals surface area (Å²) >= 11 is 0. The summed E-state index contributed by atoms with van der Waals surface area (Å²) in [5.74, 6) is -1.31. The zero-order valence-electron chi connectivity index (χ0n) is 17.4. The lowest BCUT2D eigenvalue weighted by molar-refractivity contribution is 0.0497. The van der Waals surface area contributed by atoms with Crippen molar-refractivity contribution in [3.8, 4) is 0 Å². The van der Waals surface area contributed by atoms with Gasteiger partial charge < -0.3 is 9.84 Å². The highest BCUT2D eigenvalue weighted by molar-refractivity contribution is 5.93. The van der Waals surface area contributed by atoms with E-state index in [1.165, 1.54) is 6.08 Å². The molecule has 0 saturated heterocycles. The first kappa shape index (κ1) is 22.3. The highest BCUT2D eigenvalue weighted by Crippen LogP contribution is 2.26. The van der Waals surface area contributed by atoms with E-state index in [1.807, 2.05) is 32.9 Å². The molecule has 29 heavy (non-hydrogen) atoms. The Morgan fingerprint density at radius 3 is 2.41 bits per heavy atom. The van der Waals surface area contributed by atoms with Crippen LogP contribution in [0.5, 0.6) is 0 Å². The first-order valence-electron chi connectivity index (χ1n) is 9.86. The average Bonchev–Trinajstić information content (AvgIpc) is 2.69. The van der Waals surface area contributed by atoms with Crippen LogP contribution < -0.4 is 0 Å². The molecular formula is C24H29NO4. The van der Waals surface area contributed by atoms with E-state index in [9.17, 15) is 14.7 Å². The molecule has 0 spiro atoms. The van der Waals surface area contributed by atoms with Gasteiger partial charge in [-0.05, 0) is 55.5 Å². The molecule has 5 nitrogen and oxygen atoms in total. The van der Waals surface area contributed by atoms with E-state index in [0.29, 0.717) is 24.3 Å². The molecule has 0 fully saturated rings. The number of aryl methyl sites for hydroxylation is 1. The second-order valence-corrected chi connectivity index (χ2v) is 8.00. The van der Waals surface area contributed by atoms with Crippen molar-refractivity contribution in [3.05, 3.63) is 71.1 Å². The number of aromatic carboxylic acids is 1. The van der Waals surface area contributed by atoms with Crippen molar-refractivity contribution in [2.24, 2.45) is 0 Å². The summed E-state index contributed by atoms with van der Waals surface area (Å²) in [4.78, 5) is 28.2. The minimum Gasteiger partial charge on any atom is -0.478 e. The molecule has 1 N–H and O–H groups in total. The van der Waals surface area contributed by atoms with Crippen LogP contribution in [0.3, 0.4) is 0 Å². The number of ether oxygens (including phenoxy) is 1. The second kappa shape index (κ2) is 10.0. The van der Waals surface area contributed by atoms with Gasteiger partial charge in [-0.25, -0.2) is 9.59 Å². The van der Waals surface area contributed by atoms with Crippen LogP contribution in [0.2, 0.25) is 0 Å². The fourth-order valence-corrected chi connectivity index (χ4v) is 3.01. The van der Waals surface area contributed by atoms with Crippen LogP contribution in [-0.2, 0) is 16.6 Å². The van der Waals surface area contributed by atoms with Crippen LogP contribution in [-0.4, -0.2) is 28.6 Å². The summed E-state index contributed by atoms with van der Waals surface area (Å²) in [6.45, 7) is 10.2. The molecule has 1 aromatic heterocycles. The first-order chi connectivity index (χ1) is 13.7. The number of hydrogen-bond acceptors (Lipinski definition) is 4. The summed E-state index contributed by atoms with van der Waals surface area (Å²) in [6.07, 6.45) is 4.49. The van der Waals surface area contributed by atoms with Crippen molar-refractivity contribution in [2.45, 2.75) is 51.9 Å². The molecule has 0 amide bonds. The van der Waals surface area contributed by atoms with Gasteiger partial charge in [0.2, 0.25) is 0 Å². The van der Waals surface area contributed by atoms with E-state index in [4.69, 9.17) is 4.74 Å². The molecule has 0 unspecified atom stereocenters. The van der Waals surface area contributed by atoms with Gasteiger partial charge in [0.15, 0.2) is 0 Å². The number of aromatic nitrogens is 1. The molecule has 2 rings (SSSR count). The van der Waals surface area contributed by atoms with Crippen LogP contribution in [0.25, 0.3) is 6.08 Å². The molecule has 0 atom stereocenters. The molecule has 5 heteroatoms. The first-order valence-corrected chi connectivity index (χ1v) is 9.86. The predicted molar refractivity (Wildman–Crippen MR) is 114 cm³/mol. The lowest BCUT2D eigenvalue weighted by Crippen LogP contribution is -2.18. The van der Waals surface area contributed by atoms with Crippen molar-refractivity contribution < 1.29 is 19.4 Å². The number of carbonyl (C=O) groups is 2. The molecule has 0 saturated carbocycles. The molecule has 0 bridgehead atoms. The fraction of sp³-hybridized carbons (Fsp3) is 0.375. The Labute approximate surface area is 172 Å². The smallest absolute Gasteiger partial charge is 0.338 e. The maximum atomic E-state index is 11.9. The van der Waals surface area contributed by atoms with E-state index in [-0.39, 0.29) is 16.9 Å². The standard InChI is InChI=1S/C24H29NO4/c1-5-19-21(22(26)27)18(16-20(25-19)24(2,3)4)14-10-7-11-15-29-23(28)17-12-8-6-9-13-17/h5-6,8-9,12-13,16H,1,7,10-11,14-15H2,2-4H3,(H,26,27). The van der Waals surface area contributed by atoms with Gasteiger partial charge in [0.1, 0.15) is 0 Å². The maximum absolute atomic E-state index is 11.9. The molecule has 2 aromatic rings. The fourth-order valence-electron chi connectivity index (χ4n) is 3.01. The maximum Gasteiger partial charge on any atom is 0.338 e. The average molecular weight is 395 g/mol. The summed E-state index contributed by atoms with van der Waals surface area (Å²) in [5.41, 5.74) is 2.62. The Morgan fingerprint density at radius 2 is 1.83 bits per heavy atom. The number of carboxylic acids is 1. The third kappa shape index (κ3) is 6.28. The number of carbonyl (C=O) groups excluding carboxylic acids is 1. The van der Waals surface area contributed by atoms with E-state index in [0.717, 1.165) is 30.5 Å². The molecular weight excluding hydrogens is 366 g/mol. The van der Waals surface area contributed by atoms with Crippen molar-refractivity contribution in [1.29, 1.82) is 0 Å². The number of pyridine rings is 1. The summed E-state index contributed by atoms with van der Waals surface area (Å²) in [7, 11) is 0. The van der Waals surface area contributed by atoms with E-state index in [1.54, 1.807) is 24.3 Å². The van der Waals surface area contributed by atoms with Crippen LogP contribution in [0, 0.1) is 0 Å². The largest absolute Gasteiger partial charge is 0.478 e. The van der Waals surface area contributed by atoms with Gasteiger partial charge in [0, 0.05) is 11.1 Å². The Morgan fingerprint density at radius 1 is 1.14 bits per heavy atom. The minimum atomic E-state index is -0.986. The summed E-state index contributed by atoms with van der Waals surface area (Å²) < 4.78 is 5.29. The van der Waals surface area contributed by atoms with Crippen LogP contribution >= 0.6 is 0 Å². The molecule has 0 aliphatic heterocycles. The Kier molecular flexibility index (Phi) is 7.71. The van der Waals surface area contributed by atoms with Crippen LogP contribution in [0.4, 0.5) is 0 Å². The van der Waals surface area contributed by atoms with Gasteiger partial charge in [-0.3, -0.25) is 4.98 Å². The van der Waals surface area contributed by atoms with Crippen molar-refractivity contribution in [3.63, 3.8) is 0 Å². The van der Waals surface area contributed by atoms with E-state index < -0.39 is 5.97 Å². The Balaban J connectivity index is 1.94. The number of benzene rings is 1. The molecule has 154 valence electrons. The van der Waals surface area contributed by atoms with Gasteiger partial charge in [-0.15, -0.1) is 0 Å². The number of hydrogen-bond donors (Lipinski definition) is 1. The third-order valence-corrected chi connectivity index (χ3v) is 4.64. The van der Waals surface area contributed by atoms with E-state index in [2.05, 4.69) is 11.6 Å². The SMILES string of the molecule is C=Cc1nc(C(C)(C)C)cc(CCCCCOC(=O)c2ccccc2)c1C(=O)O. The molecule has 0 radical (unpaired) electrons. The number of nitrogens with zero attached hydrogens (tertiary/aromatic N) is 1.